The Labute approximate surface area is 120 Å². The molecule has 0 aromatic heterocycles. The van der Waals surface area contributed by atoms with Gasteiger partial charge in [0.25, 0.3) is 0 Å². The van der Waals surface area contributed by atoms with E-state index in [0.717, 1.165) is 0 Å². The van der Waals surface area contributed by atoms with Gasteiger partial charge >= 0.3 is 8.80 Å². The zero-order valence-electron chi connectivity index (χ0n) is 11.0. The van der Waals surface area contributed by atoms with Crippen LogP contribution in [0.4, 0.5) is 0 Å². The van der Waals surface area contributed by atoms with Crippen LogP contribution in [0.1, 0.15) is 13.8 Å². The van der Waals surface area contributed by atoms with E-state index in [2.05, 4.69) is 0 Å². The molecule has 0 atom stereocenters. The lowest BCUT2D eigenvalue weighted by atomic mass is 10.9. The maximum Gasteiger partial charge on any atom is 0.505 e. The van der Waals surface area contributed by atoms with E-state index in [4.69, 9.17) is 46.0 Å². The highest BCUT2D eigenvalue weighted by Gasteiger charge is 2.41. The Balaban J connectivity index is 4.34. The zero-order valence-corrected chi connectivity index (χ0v) is 13.5. The van der Waals surface area contributed by atoms with Gasteiger partial charge in [0.05, 0.1) is 6.61 Å². The van der Waals surface area contributed by atoms with Gasteiger partial charge in [0, 0.05) is 31.0 Å². The van der Waals surface area contributed by atoms with Crippen LogP contribution < -0.4 is 0 Å². The van der Waals surface area contributed by atoms with E-state index in [0.29, 0.717) is 37.6 Å². The zero-order chi connectivity index (χ0) is 13.7. The highest BCUT2D eigenvalue weighted by molar-refractivity contribution is 6.61. The lowest BCUT2D eigenvalue weighted by molar-refractivity contribution is -0.0731. The van der Waals surface area contributed by atoms with Crippen molar-refractivity contribution in [3.63, 3.8) is 0 Å². The van der Waals surface area contributed by atoms with Gasteiger partial charge < -0.3 is 22.8 Å². The van der Waals surface area contributed by atoms with Crippen LogP contribution in [0.5, 0.6) is 0 Å². The average molecular weight is 321 g/mol. The van der Waals surface area contributed by atoms with E-state index in [1.54, 1.807) is 0 Å². The first kappa shape index (κ1) is 18.6. The summed E-state index contributed by atoms with van der Waals surface area (Å²) < 4.78 is 27.2. The summed E-state index contributed by atoms with van der Waals surface area (Å²) in [5.74, 6) is 0.750. The van der Waals surface area contributed by atoms with Gasteiger partial charge in [-0.3, -0.25) is 0 Å². The molecule has 0 aromatic rings. The van der Waals surface area contributed by atoms with Crippen molar-refractivity contribution >= 4 is 32.0 Å². The van der Waals surface area contributed by atoms with Crippen molar-refractivity contribution in [2.75, 3.05) is 45.2 Å². The Kier molecular flexibility index (Phi) is 13.0. The fourth-order valence-electron chi connectivity index (χ4n) is 1.08. The summed E-state index contributed by atoms with van der Waals surface area (Å²) in [4.78, 5) is 0. The third-order valence-corrected chi connectivity index (χ3v) is 5.21. The molecule has 0 aliphatic carbocycles. The van der Waals surface area contributed by atoms with Crippen molar-refractivity contribution in [3.8, 4) is 0 Å². The van der Waals surface area contributed by atoms with E-state index in [-0.39, 0.29) is 13.6 Å². The van der Waals surface area contributed by atoms with Gasteiger partial charge in [-0.25, -0.2) is 0 Å². The molecule has 0 spiro atoms. The lowest BCUT2D eigenvalue weighted by Gasteiger charge is -2.28. The van der Waals surface area contributed by atoms with Crippen LogP contribution in [0.2, 0.25) is 6.04 Å². The first-order chi connectivity index (χ1) is 8.74. The van der Waals surface area contributed by atoms with Gasteiger partial charge in [-0.1, -0.05) is 0 Å². The largest absolute Gasteiger partial charge is 0.505 e. The minimum absolute atomic E-state index is 0.119. The van der Waals surface area contributed by atoms with Crippen LogP contribution >= 0.6 is 23.2 Å². The van der Waals surface area contributed by atoms with Crippen LogP contribution in [0, 0.1) is 0 Å². The molecular weight excluding hydrogens is 299 g/mol. The Bertz CT molecular complexity index is 178. The summed E-state index contributed by atoms with van der Waals surface area (Å²) >= 11 is 11.4. The first-order valence-electron chi connectivity index (χ1n) is 5.94. The van der Waals surface area contributed by atoms with Gasteiger partial charge in [-0.05, 0) is 13.8 Å². The molecule has 18 heavy (non-hydrogen) atoms. The fraction of sp³-hybridized carbons (Fsp3) is 1.00. The second kappa shape index (κ2) is 12.6. The number of halogens is 2. The van der Waals surface area contributed by atoms with Gasteiger partial charge in [0.15, 0.2) is 0 Å². The Morgan fingerprint density at radius 3 is 1.78 bits per heavy atom. The summed E-state index contributed by atoms with van der Waals surface area (Å²) in [6.45, 7) is 5.48. The summed E-state index contributed by atoms with van der Waals surface area (Å²) in [6, 6.07) is 0.492. The molecule has 0 aliphatic rings. The van der Waals surface area contributed by atoms with Gasteiger partial charge in [0.2, 0.25) is 0 Å². The Hall–Kier alpha value is 0.597. The van der Waals surface area contributed by atoms with Crippen molar-refractivity contribution in [2.45, 2.75) is 19.9 Å². The molecule has 0 saturated heterocycles. The third-order valence-electron chi connectivity index (χ3n) is 1.93. The quantitative estimate of drug-likeness (QED) is 0.226. The van der Waals surface area contributed by atoms with E-state index in [9.17, 15) is 0 Å². The van der Waals surface area contributed by atoms with Crippen molar-refractivity contribution in [3.05, 3.63) is 0 Å². The van der Waals surface area contributed by atoms with Crippen LogP contribution in [-0.2, 0) is 22.8 Å². The van der Waals surface area contributed by atoms with Crippen molar-refractivity contribution in [1.82, 2.24) is 0 Å². The van der Waals surface area contributed by atoms with Crippen LogP contribution in [-0.4, -0.2) is 54.0 Å². The highest BCUT2D eigenvalue weighted by atomic mass is 35.5. The average Bonchev–Trinajstić information content (AvgIpc) is 2.37. The molecule has 5 nitrogen and oxygen atoms in total. The van der Waals surface area contributed by atoms with Crippen molar-refractivity contribution in [1.29, 1.82) is 0 Å². The Morgan fingerprint density at radius 1 is 0.833 bits per heavy atom. The predicted octanol–water partition coefficient (Wildman–Crippen LogP) is 2.44. The number of rotatable bonds is 13. The molecule has 0 rings (SSSR count). The molecule has 0 N–H and O–H groups in total. The monoisotopic (exact) mass is 320 g/mol. The first-order valence-corrected chi connectivity index (χ1v) is 8.94. The lowest BCUT2D eigenvalue weighted by Crippen LogP contribution is -2.47. The SMILES string of the molecule is CCOCO[Si](CCCl)(OCCCl)OCOCC. The van der Waals surface area contributed by atoms with E-state index >= 15 is 0 Å². The summed E-state index contributed by atoms with van der Waals surface area (Å²) in [7, 11) is -2.86. The van der Waals surface area contributed by atoms with Crippen molar-refractivity contribution < 1.29 is 22.8 Å². The van der Waals surface area contributed by atoms with Crippen LogP contribution in [0.3, 0.4) is 0 Å². The van der Waals surface area contributed by atoms with E-state index in [1.807, 2.05) is 13.8 Å². The number of alkyl halides is 2. The van der Waals surface area contributed by atoms with Crippen LogP contribution in [0.15, 0.2) is 0 Å². The molecule has 0 radical (unpaired) electrons. The number of ether oxygens (including phenoxy) is 2. The fourth-order valence-corrected chi connectivity index (χ4v) is 3.84. The third kappa shape index (κ3) is 8.66. The van der Waals surface area contributed by atoms with Gasteiger partial charge in [-0.15, -0.1) is 23.2 Å². The molecular formula is C10H22Cl2O5Si. The summed E-state index contributed by atoms with van der Waals surface area (Å²) in [5.41, 5.74) is 0. The molecule has 0 fully saturated rings. The van der Waals surface area contributed by atoms with Crippen LogP contribution in [0.25, 0.3) is 0 Å². The topological polar surface area (TPSA) is 46.2 Å². The minimum Gasteiger partial charge on any atom is -0.372 e. The molecule has 110 valence electrons. The number of hydrogen-bond acceptors (Lipinski definition) is 5. The molecule has 0 unspecified atom stereocenters. The molecule has 8 heteroatoms. The standard InChI is InChI=1S/C10H22Cl2O5Si/c1-3-13-9-16-18(8-6-12,15-7-5-11)17-10-14-4-2/h3-10H2,1-2H3. The molecule has 0 bridgehead atoms. The predicted molar refractivity (Wildman–Crippen MR) is 73.1 cm³/mol. The smallest absolute Gasteiger partial charge is 0.372 e. The molecule has 0 amide bonds. The Morgan fingerprint density at radius 2 is 1.39 bits per heavy atom. The summed E-state index contributed by atoms with van der Waals surface area (Å²) in [6.07, 6.45) is 0. The van der Waals surface area contributed by atoms with Gasteiger partial charge in [0.1, 0.15) is 13.6 Å². The van der Waals surface area contributed by atoms with Crippen molar-refractivity contribution in [2.24, 2.45) is 0 Å². The second-order valence-electron chi connectivity index (χ2n) is 3.17. The normalized spacial score (nSPS) is 12.0. The maximum atomic E-state index is 5.77. The van der Waals surface area contributed by atoms with Gasteiger partial charge in [-0.2, -0.15) is 0 Å². The molecule has 0 heterocycles. The molecule has 0 saturated carbocycles. The summed E-state index contributed by atoms with van der Waals surface area (Å²) in [5, 5.41) is 0. The number of hydrogen-bond donors (Lipinski definition) is 0. The molecule has 0 aromatic carbocycles. The van der Waals surface area contributed by atoms with E-state index in [1.165, 1.54) is 0 Å². The highest BCUT2D eigenvalue weighted by Crippen LogP contribution is 2.17. The second-order valence-corrected chi connectivity index (χ2v) is 6.66. The maximum absolute atomic E-state index is 5.77. The minimum atomic E-state index is -2.86. The molecule has 0 aliphatic heterocycles. The van der Waals surface area contributed by atoms with E-state index < -0.39 is 8.80 Å².